The molecule has 1 N–H and O–H groups in total. The van der Waals surface area contributed by atoms with Crippen molar-refractivity contribution in [1.29, 1.82) is 5.26 Å². The lowest BCUT2D eigenvalue weighted by molar-refractivity contribution is -0.113. The monoisotopic (exact) mass is 385 g/mol. The maximum Gasteiger partial charge on any atom is 0.234 e. The van der Waals surface area contributed by atoms with Crippen molar-refractivity contribution in [1.82, 2.24) is 4.98 Å². The molecule has 0 saturated carbocycles. The van der Waals surface area contributed by atoms with Crippen molar-refractivity contribution in [2.75, 3.05) is 25.3 Å². The molecule has 0 bridgehead atoms. The van der Waals surface area contributed by atoms with Crippen LogP contribution in [0, 0.1) is 18.3 Å². The Hall–Kier alpha value is -3.05. The van der Waals surface area contributed by atoms with E-state index in [0.717, 1.165) is 11.8 Å². The highest BCUT2D eigenvalue weighted by molar-refractivity contribution is 8.00. The first-order valence-electron chi connectivity index (χ1n) is 7.97. The molecule has 8 heteroatoms. The van der Waals surface area contributed by atoms with Crippen molar-refractivity contribution in [3.05, 3.63) is 41.1 Å². The van der Waals surface area contributed by atoms with Crippen LogP contribution < -0.4 is 14.8 Å². The number of Topliss-reactive ketones (excluding diaryl/α,β-unsaturated/α-hetero) is 1. The Morgan fingerprint density at radius 3 is 2.52 bits per heavy atom. The molecule has 2 rings (SSSR count). The number of ketones is 1. The van der Waals surface area contributed by atoms with Crippen molar-refractivity contribution in [3.8, 4) is 17.6 Å². The molecule has 0 atom stereocenters. The maximum atomic E-state index is 12.2. The number of rotatable bonds is 7. The number of ether oxygens (including phenoxy) is 2. The number of aryl methyl sites for hydroxylation is 1. The summed E-state index contributed by atoms with van der Waals surface area (Å²) in [5, 5.41) is 12.5. The first-order chi connectivity index (χ1) is 12.9. The number of aromatic nitrogens is 1. The van der Waals surface area contributed by atoms with E-state index in [-0.39, 0.29) is 23.0 Å². The van der Waals surface area contributed by atoms with E-state index in [0.29, 0.717) is 33.5 Å². The molecular weight excluding hydrogens is 366 g/mol. The van der Waals surface area contributed by atoms with Crippen molar-refractivity contribution < 1.29 is 19.1 Å². The van der Waals surface area contributed by atoms with Gasteiger partial charge in [0.15, 0.2) is 17.3 Å². The second-order valence-electron chi connectivity index (χ2n) is 5.55. The van der Waals surface area contributed by atoms with Crippen molar-refractivity contribution >= 4 is 29.1 Å². The van der Waals surface area contributed by atoms with E-state index in [9.17, 15) is 14.9 Å². The SMILES string of the molecule is COc1ccc(NC(=O)CSc2nc(C)c(C(C)=O)cc2C#N)cc1OC. The minimum absolute atomic E-state index is 0.0644. The minimum Gasteiger partial charge on any atom is -0.493 e. The van der Waals surface area contributed by atoms with Gasteiger partial charge in [-0.1, -0.05) is 11.8 Å². The summed E-state index contributed by atoms with van der Waals surface area (Å²) in [7, 11) is 3.05. The summed E-state index contributed by atoms with van der Waals surface area (Å²) in [6, 6.07) is 8.59. The van der Waals surface area contributed by atoms with Crippen LogP contribution in [-0.4, -0.2) is 36.6 Å². The number of benzene rings is 1. The Kier molecular flexibility index (Phi) is 6.79. The van der Waals surface area contributed by atoms with Crippen LogP contribution in [0.25, 0.3) is 0 Å². The van der Waals surface area contributed by atoms with Gasteiger partial charge in [-0.3, -0.25) is 9.59 Å². The average molecular weight is 385 g/mol. The summed E-state index contributed by atoms with van der Waals surface area (Å²) in [4.78, 5) is 28.1. The highest BCUT2D eigenvalue weighted by Gasteiger charge is 2.14. The first-order valence-corrected chi connectivity index (χ1v) is 8.95. The number of methoxy groups -OCH3 is 2. The molecule has 0 unspecified atom stereocenters. The number of nitriles is 1. The van der Waals surface area contributed by atoms with Gasteiger partial charge in [0.05, 0.1) is 25.5 Å². The van der Waals surface area contributed by atoms with Crippen LogP contribution in [0.4, 0.5) is 5.69 Å². The molecule has 1 amide bonds. The maximum absolute atomic E-state index is 12.2. The summed E-state index contributed by atoms with van der Waals surface area (Å²) in [6.45, 7) is 3.13. The lowest BCUT2D eigenvalue weighted by atomic mass is 10.1. The van der Waals surface area contributed by atoms with E-state index in [2.05, 4.69) is 10.3 Å². The number of anilines is 1. The third-order valence-electron chi connectivity index (χ3n) is 3.69. The quantitative estimate of drug-likeness (QED) is 0.577. The predicted octanol–water partition coefficient (Wildman–Crippen LogP) is 3.21. The van der Waals surface area contributed by atoms with Gasteiger partial charge in [0.1, 0.15) is 11.1 Å². The third-order valence-corrected chi connectivity index (χ3v) is 4.68. The highest BCUT2D eigenvalue weighted by Crippen LogP contribution is 2.30. The summed E-state index contributed by atoms with van der Waals surface area (Å²) >= 11 is 1.14. The second kappa shape index (κ2) is 9.05. The predicted molar refractivity (Wildman–Crippen MR) is 103 cm³/mol. The van der Waals surface area contributed by atoms with Gasteiger partial charge < -0.3 is 14.8 Å². The Morgan fingerprint density at radius 2 is 1.93 bits per heavy atom. The summed E-state index contributed by atoms with van der Waals surface area (Å²) < 4.78 is 10.4. The molecular formula is C19H19N3O4S. The number of carbonyl (C=O) groups is 2. The average Bonchev–Trinajstić information content (AvgIpc) is 2.65. The fourth-order valence-corrected chi connectivity index (χ4v) is 3.18. The van der Waals surface area contributed by atoms with E-state index < -0.39 is 0 Å². The van der Waals surface area contributed by atoms with Crippen LogP contribution in [0.1, 0.15) is 28.5 Å². The van der Waals surface area contributed by atoms with Gasteiger partial charge in [-0.2, -0.15) is 5.26 Å². The summed E-state index contributed by atoms with van der Waals surface area (Å²) in [5.74, 6) is 0.723. The Bertz CT molecular complexity index is 922. The third kappa shape index (κ3) is 4.99. The lowest BCUT2D eigenvalue weighted by Gasteiger charge is -2.11. The zero-order chi connectivity index (χ0) is 20.0. The summed E-state index contributed by atoms with van der Waals surface area (Å²) in [6.07, 6.45) is 0. The molecule has 0 saturated heterocycles. The first kappa shape index (κ1) is 20.3. The molecule has 1 heterocycles. The molecule has 0 spiro atoms. The molecule has 0 aliphatic carbocycles. The normalized spacial score (nSPS) is 10.0. The molecule has 7 nitrogen and oxygen atoms in total. The van der Waals surface area contributed by atoms with Crippen molar-refractivity contribution in [2.45, 2.75) is 18.9 Å². The number of carbonyl (C=O) groups excluding carboxylic acids is 2. The largest absolute Gasteiger partial charge is 0.493 e. The van der Waals surface area contributed by atoms with Gasteiger partial charge in [0, 0.05) is 23.0 Å². The molecule has 0 aliphatic heterocycles. The van der Waals surface area contributed by atoms with Gasteiger partial charge >= 0.3 is 0 Å². The van der Waals surface area contributed by atoms with Gasteiger partial charge in [-0.05, 0) is 32.0 Å². The number of hydrogen-bond donors (Lipinski definition) is 1. The number of amides is 1. The Morgan fingerprint density at radius 1 is 1.22 bits per heavy atom. The molecule has 0 radical (unpaired) electrons. The van der Waals surface area contributed by atoms with Crippen LogP contribution in [-0.2, 0) is 4.79 Å². The van der Waals surface area contributed by atoms with Crippen LogP contribution in [0.2, 0.25) is 0 Å². The Labute approximate surface area is 161 Å². The van der Waals surface area contributed by atoms with E-state index in [4.69, 9.17) is 9.47 Å². The molecule has 140 valence electrons. The second-order valence-corrected chi connectivity index (χ2v) is 6.51. The molecule has 2 aromatic rings. The van der Waals surface area contributed by atoms with E-state index >= 15 is 0 Å². The van der Waals surface area contributed by atoms with Crippen LogP contribution in [0.3, 0.4) is 0 Å². The number of nitrogens with zero attached hydrogens (tertiary/aromatic N) is 2. The van der Waals surface area contributed by atoms with Gasteiger partial charge in [0.25, 0.3) is 0 Å². The lowest BCUT2D eigenvalue weighted by Crippen LogP contribution is -2.14. The number of thioether (sulfide) groups is 1. The molecule has 1 aromatic carbocycles. The Balaban J connectivity index is 2.09. The number of pyridine rings is 1. The fraction of sp³-hybridized carbons (Fsp3) is 0.263. The topological polar surface area (TPSA) is 101 Å². The van der Waals surface area contributed by atoms with E-state index in [1.54, 1.807) is 25.1 Å². The number of hydrogen-bond acceptors (Lipinski definition) is 7. The van der Waals surface area contributed by atoms with E-state index in [1.165, 1.54) is 27.2 Å². The minimum atomic E-state index is -0.258. The number of nitrogens with one attached hydrogen (secondary N) is 1. The van der Waals surface area contributed by atoms with E-state index in [1.807, 2.05) is 6.07 Å². The summed E-state index contributed by atoms with van der Waals surface area (Å²) in [5.41, 5.74) is 1.78. The highest BCUT2D eigenvalue weighted by atomic mass is 32.2. The van der Waals surface area contributed by atoms with Gasteiger partial charge in [-0.15, -0.1) is 0 Å². The van der Waals surface area contributed by atoms with Crippen LogP contribution >= 0.6 is 11.8 Å². The zero-order valence-electron chi connectivity index (χ0n) is 15.5. The smallest absolute Gasteiger partial charge is 0.234 e. The van der Waals surface area contributed by atoms with Gasteiger partial charge in [-0.25, -0.2) is 4.98 Å². The van der Waals surface area contributed by atoms with Gasteiger partial charge in [0.2, 0.25) is 5.91 Å². The molecule has 27 heavy (non-hydrogen) atoms. The van der Waals surface area contributed by atoms with Crippen molar-refractivity contribution in [3.63, 3.8) is 0 Å². The molecule has 0 fully saturated rings. The fourth-order valence-electron chi connectivity index (χ4n) is 2.37. The zero-order valence-corrected chi connectivity index (χ0v) is 16.3. The van der Waals surface area contributed by atoms with Crippen LogP contribution in [0.15, 0.2) is 29.3 Å². The molecule has 0 aliphatic rings. The van der Waals surface area contributed by atoms with Crippen LogP contribution in [0.5, 0.6) is 11.5 Å². The standard InChI is InChI=1S/C19H19N3O4S/c1-11-15(12(2)23)7-13(9-20)19(21-11)27-10-18(24)22-14-5-6-16(25-3)17(8-14)26-4/h5-8H,10H2,1-4H3,(H,22,24). The molecule has 1 aromatic heterocycles. The van der Waals surface area contributed by atoms with Crippen molar-refractivity contribution in [2.24, 2.45) is 0 Å².